The molecule has 1 aliphatic rings. The third-order valence-corrected chi connectivity index (χ3v) is 5.96. The number of carbonyl (C=O) groups is 3. The Morgan fingerprint density at radius 1 is 1.03 bits per heavy atom. The highest BCUT2D eigenvalue weighted by molar-refractivity contribution is 7.17. The fraction of sp³-hybridized carbons (Fsp3) is 0.350. The molecule has 154 valence electrons. The number of anilines is 1. The van der Waals surface area contributed by atoms with E-state index in [1.54, 1.807) is 18.2 Å². The second-order valence-corrected chi connectivity index (χ2v) is 7.38. The van der Waals surface area contributed by atoms with Crippen molar-refractivity contribution in [1.29, 1.82) is 0 Å². The van der Waals surface area contributed by atoms with E-state index in [0.717, 1.165) is 4.88 Å². The minimum Gasteiger partial charge on any atom is -0.493 e. The molecule has 1 atom stereocenters. The quantitative estimate of drug-likeness (QED) is 0.719. The average molecular weight is 419 g/mol. The molecule has 0 unspecified atom stereocenters. The van der Waals surface area contributed by atoms with Crippen LogP contribution >= 0.6 is 11.3 Å². The van der Waals surface area contributed by atoms with Gasteiger partial charge in [-0.2, -0.15) is 0 Å². The fourth-order valence-electron chi connectivity index (χ4n) is 3.39. The van der Waals surface area contributed by atoms with Gasteiger partial charge in [-0.15, -0.1) is 11.3 Å². The Kier molecular flexibility index (Phi) is 6.07. The molecule has 2 aromatic rings. The Morgan fingerprint density at radius 2 is 1.76 bits per heavy atom. The number of hydrogen-bond acceptors (Lipinski definition) is 8. The Morgan fingerprint density at radius 3 is 2.38 bits per heavy atom. The van der Waals surface area contributed by atoms with Gasteiger partial charge in [-0.3, -0.25) is 9.59 Å². The van der Waals surface area contributed by atoms with Gasteiger partial charge in [0.15, 0.2) is 11.5 Å². The maximum Gasteiger partial charge on any atom is 0.341 e. The largest absolute Gasteiger partial charge is 0.493 e. The smallest absolute Gasteiger partial charge is 0.341 e. The van der Waals surface area contributed by atoms with Crippen molar-refractivity contribution in [3.8, 4) is 11.5 Å². The number of rotatable bonds is 6. The van der Waals surface area contributed by atoms with Crippen LogP contribution in [-0.2, 0) is 20.7 Å². The second-order valence-electron chi connectivity index (χ2n) is 6.27. The summed E-state index contributed by atoms with van der Waals surface area (Å²) in [6, 6.07) is 4.76. The van der Waals surface area contributed by atoms with Crippen molar-refractivity contribution >= 4 is 34.2 Å². The minimum absolute atomic E-state index is 0.203. The lowest BCUT2D eigenvalue weighted by atomic mass is 9.99. The number of carbonyl (C=O) groups excluding carboxylic acids is 3. The highest BCUT2D eigenvalue weighted by atomic mass is 32.1. The van der Waals surface area contributed by atoms with Crippen LogP contribution in [0.2, 0.25) is 0 Å². The SMILES string of the molecule is COC(=O)c1c(NC(=O)c2ccc(OC)c(OC)c2)sc2c1[C@@H](C(=O)OC)CC2. The van der Waals surface area contributed by atoms with Crippen LogP contribution in [0.25, 0.3) is 0 Å². The van der Waals surface area contributed by atoms with Crippen LogP contribution in [0, 0.1) is 0 Å². The molecule has 1 aromatic carbocycles. The summed E-state index contributed by atoms with van der Waals surface area (Å²) in [6.45, 7) is 0. The lowest BCUT2D eigenvalue weighted by Gasteiger charge is -2.12. The zero-order chi connectivity index (χ0) is 21.1. The number of fused-ring (bicyclic) bond motifs is 1. The van der Waals surface area contributed by atoms with Crippen molar-refractivity contribution in [1.82, 2.24) is 0 Å². The molecule has 0 saturated heterocycles. The van der Waals surface area contributed by atoms with Gasteiger partial charge in [-0.25, -0.2) is 4.79 Å². The van der Waals surface area contributed by atoms with Crippen molar-refractivity contribution in [2.24, 2.45) is 0 Å². The van der Waals surface area contributed by atoms with Crippen LogP contribution in [-0.4, -0.2) is 46.3 Å². The summed E-state index contributed by atoms with van der Waals surface area (Å²) in [7, 11) is 5.55. The molecule has 9 heteroatoms. The lowest BCUT2D eigenvalue weighted by Crippen LogP contribution is -2.17. The maximum absolute atomic E-state index is 12.8. The molecule has 1 heterocycles. The van der Waals surface area contributed by atoms with Crippen molar-refractivity contribution in [3.05, 3.63) is 39.8 Å². The predicted molar refractivity (Wildman–Crippen MR) is 106 cm³/mol. The van der Waals surface area contributed by atoms with E-state index in [9.17, 15) is 14.4 Å². The summed E-state index contributed by atoms with van der Waals surface area (Å²) in [5.74, 6) is -1.09. The van der Waals surface area contributed by atoms with E-state index in [0.29, 0.717) is 40.5 Å². The van der Waals surface area contributed by atoms with Gasteiger partial charge >= 0.3 is 11.9 Å². The first-order valence-electron chi connectivity index (χ1n) is 8.80. The standard InChI is InChI=1S/C20H21NO7S/c1-25-12-7-5-10(9-13(12)26-2)17(22)21-18-16(20(24)28-4)15-11(19(23)27-3)6-8-14(15)29-18/h5,7,9,11H,6,8H2,1-4H3,(H,21,22)/t11-/m0/s1. The summed E-state index contributed by atoms with van der Waals surface area (Å²) in [4.78, 5) is 38.3. The molecule has 0 bridgehead atoms. The highest BCUT2D eigenvalue weighted by Gasteiger charge is 2.38. The van der Waals surface area contributed by atoms with Gasteiger partial charge in [0.1, 0.15) is 5.00 Å². The van der Waals surface area contributed by atoms with E-state index in [2.05, 4.69) is 5.32 Å². The maximum atomic E-state index is 12.8. The summed E-state index contributed by atoms with van der Waals surface area (Å²) in [5.41, 5.74) is 1.11. The molecule has 0 saturated carbocycles. The van der Waals surface area contributed by atoms with Crippen LogP contribution in [0.4, 0.5) is 5.00 Å². The van der Waals surface area contributed by atoms with Gasteiger partial charge < -0.3 is 24.3 Å². The summed E-state index contributed by atoms with van der Waals surface area (Å²) in [5, 5.41) is 3.11. The zero-order valence-corrected chi connectivity index (χ0v) is 17.3. The van der Waals surface area contributed by atoms with Crippen LogP contribution < -0.4 is 14.8 Å². The van der Waals surface area contributed by atoms with Crippen molar-refractivity contribution < 1.29 is 33.3 Å². The van der Waals surface area contributed by atoms with Crippen molar-refractivity contribution in [2.45, 2.75) is 18.8 Å². The average Bonchev–Trinajstić information content (AvgIpc) is 3.30. The molecule has 3 rings (SSSR count). The normalized spacial score (nSPS) is 14.7. The molecule has 1 N–H and O–H groups in total. The van der Waals surface area contributed by atoms with Gasteiger partial charge in [-0.05, 0) is 36.6 Å². The number of esters is 2. The van der Waals surface area contributed by atoms with Gasteiger partial charge in [0.25, 0.3) is 5.91 Å². The molecule has 1 aromatic heterocycles. The van der Waals surface area contributed by atoms with E-state index in [4.69, 9.17) is 18.9 Å². The molecule has 0 fully saturated rings. The number of methoxy groups -OCH3 is 4. The number of thiophene rings is 1. The van der Waals surface area contributed by atoms with Gasteiger partial charge in [0.05, 0.1) is 39.9 Å². The monoisotopic (exact) mass is 419 g/mol. The van der Waals surface area contributed by atoms with Crippen LogP contribution in [0.1, 0.15) is 43.5 Å². The number of ether oxygens (including phenoxy) is 4. The number of aryl methyl sites for hydroxylation is 1. The van der Waals surface area contributed by atoms with Crippen molar-refractivity contribution in [3.63, 3.8) is 0 Å². The Hall–Kier alpha value is -3.07. The third-order valence-electron chi connectivity index (χ3n) is 4.78. The molecule has 0 spiro atoms. The van der Waals surface area contributed by atoms with Gasteiger partial charge in [0.2, 0.25) is 0 Å². The second kappa shape index (κ2) is 8.52. The highest BCUT2D eigenvalue weighted by Crippen LogP contribution is 2.46. The molecular formula is C20H21NO7S. The summed E-state index contributed by atoms with van der Waals surface area (Å²) < 4.78 is 20.2. The number of amides is 1. The first kappa shape index (κ1) is 20.7. The van der Waals surface area contributed by atoms with E-state index in [1.165, 1.54) is 39.8 Å². The van der Waals surface area contributed by atoms with Crippen LogP contribution in [0.3, 0.4) is 0 Å². The Balaban J connectivity index is 1.97. The van der Waals surface area contributed by atoms with Gasteiger partial charge in [0, 0.05) is 10.4 Å². The van der Waals surface area contributed by atoms with E-state index >= 15 is 0 Å². The third kappa shape index (κ3) is 3.77. The summed E-state index contributed by atoms with van der Waals surface area (Å²) >= 11 is 1.27. The molecule has 8 nitrogen and oxygen atoms in total. The predicted octanol–water partition coefficient (Wildman–Crippen LogP) is 3.01. The molecule has 29 heavy (non-hydrogen) atoms. The van der Waals surface area contributed by atoms with Crippen LogP contribution in [0.5, 0.6) is 11.5 Å². The first-order valence-corrected chi connectivity index (χ1v) is 9.61. The molecule has 0 aliphatic heterocycles. The van der Waals surface area contributed by atoms with Crippen LogP contribution in [0.15, 0.2) is 18.2 Å². The number of nitrogens with one attached hydrogen (secondary N) is 1. The minimum atomic E-state index is -0.610. The molecule has 1 aliphatic carbocycles. The Labute approximate surface area is 171 Å². The zero-order valence-electron chi connectivity index (χ0n) is 16.5. The topological polar surface area (TPSA) is 100 Å². The van der Waals surface area contributed by atoms with E-state index in [1.807, 2.05) is 0 Å². The van der Waals surface area contributed by atoms with E-state index in [-0.39, 0.29) is 5.56 Å². The first-order chi connectivity index (χ1) is 13.9. The molecule has 0 radical (unpaired) electrons. The van der Waals surface area contributed by atoms with E-state index < -0.39 is 23.8 Å². The summed E-state index contributed by atoms with van der Waals surface area (Å²) in [6.07, 6.45) is 1.18. The molecular weight excluding hydrogens is 398 g/mol. The molecule has 1 amide bonds. The lowest BCUT2D eigenvalue weighted by molar-refractivity contribution is -0.142. The fourth-order valence-corrected chi connectivity index (χ4v) is 4.65. The Bertz CT molecular complexity index is 966. The van der Waals surface area contributed by atoms with Crippen molar-refractivity contribution in [2.75, 3.05) is 33.8 Å². The number of hydrogen-bond donors (Lipinski definition) is 1. The van der Waals surface area contributed by atoms with Gasteiger partial charge in [-0.1, -0.05) is 0 Å². The number of benzene rings is 1.